The molecule has 0 saturated carbocycles. The zero-order valence-corrected chi connectivity index (χ0v) is 30.6. The zero-order chi connectivity index (χ0) is 31.6. The average Bonchev–Trinajstić information content (AvgIpc) is 3.79. The third kappa shape index (κ3) is 5.67. The topological polar surface area (TPSA) is 28.6 Å². The molecule has 0 unspecified atom stereocenters. The Bertz CT molecular complexity index is 2300. The van der Waals surface area contributed by atoms with Crippen molar-refractivity contribution in [2.24, 2.45) is 0 Å². The van der Waals surface area contributed by atoms with Gasteiger partial charge in [-0.05, 0) is 77.4 Å². The van der Waals surface area contributed by atoms with Crippen LogP contribution in [0.5, 0.6) is 10.8 Å². The third-order valence-electron chi connectivity index (χ3n) is 8.76. The van der Waals surface area contributed by atoms with Crippen LogP contribution in [0.15, 0.2) is 108 Å². The summed E-state index contributed by atoms with van der Waals surface area (Å²) in [5.74, 6) is 0.649. The zero-order valence-electron chi connectivity index (χ0n) is 26.7. The monoisotopic (exact) mass is 829 g/mol. The van der Waals surface area contributed by atoms with Crippen molar-refractivity contribution >= 4 is 65.0 Å². The van der Waals surface area contributed by atoms with Gasteiger partial charge in [0.05, 0.1) is 0 Å². The molecule has 4 aromatic carbocycles. The Labute approximate surface area is 298 Å². The van der Waals surface area contributed by atoms with Crippen molar-refractivity contribution in [3.8, 4) is 22.1 Å². The molecule has 1 aliphatic rings. The number of para-hydroxylation sites is 1. The second-order valence-corrected chi connectivity index (χ2v) is 14.6. The predicted octanol–water partition coefficient (Wildman–Crippen LogP) is 11.7. The van der Waals surface area contributed by atoms with E-state index in [1.165, 1.54) is 32.1 Å². The van der Waals surface area contributed by atoms with Crippen molar-refractivity contribution in [2.45, 2.75) is 40.0 Å². The minimum Gasteiger partial charge on any atom is -0.497 e. The van der Waals surface area contributed by atoms with Gasteiger partial charge >= 0.3 is 0 Å². The number of pyridine rings is 1. The minimum atomic E-state index is 0. The number of hydrogen-bond donors (Lipinski definition) is 0. The van der Waals surface area contributed by atoms with Crippen molar-refractivity contribution < 1.29 is 25.8 Å². The van der Waals surface area contributed by atoms with E-state index in [4.69, 9.17) is 9.72 Å². The number of benzene rings is 4. The molecule has 0 radical (unpaired) electrons. The van der Waals surface area contributed by atoms with Crippen LogP contribution >= 0.6 is 22.7 Å². The molecule has 8 rings (SSSR count). The molecule has 0 bridgehead atoms. The van der Waals surface area contributed by atoms with Gasteiger partial charge in [-0.3, -0.25) is 4.98 Å². The maximum atomic E-state index is 6.55. The first-order valence-electron chi connectivity index (χ1n) is 15.4. The van der Waals surface area contributed by atoms with E-state index in [9.17, 15) is 0 Å². The van der Waals surface area contributed by atoms with Gasteiger partial charge in [0.25, 0.3) is 0 Å². The van der Waals surface area contributed by atoms with Gasteiger partial charge in [0.2, 0.25) is 0 Å². The molecule has 0 fully saturated rings. The van der Waals surface area contributed by atoms with Gasteiger partial charge in [-0.1, -0.05) is 60.7 Å². The van der Waals surface area contributed by atoms with Gasteiger partial charge in [-0.15, -0.1) is 54.0 Å². The molecule has 0 spiro atoms. The van der Waals surface area contributed by atoms with Gasteiger partial charge in [-0.2, -0.15) is 22.8 Å². The molecule has 0 saturated heterocycles. The second-order valence-electron chi connectivity index (χ2n) is 12.7. The van der Waals surface area contributed by atoms with E-state index in [2.05, 4.69) is 135 Å². The number of ether oxygens (including phenoxy) is 1. The third-order valence-corrected chi connectivity index (χ3v) is 10.6. The molecule has 0 N–H and O–H groups in total. The summed E-state index contributed by atoms with van der Waals surface area (Å²) in [6.45, 7) is 13.1. The quantitative estimate of drug-likeness (QED) is 0.162. The molecular formula is C40H32N3OPtS2-3. The van der Waals surface area contributed by atoms with Gasteiger partial charge in [-0.25, -0.2) is 0 Å². The first kappa shape index (κ1) is 31.6. The van der Waals surface area contributed by atoms with Crippen LogP contribution in [0.25, 0.3) is 42.2 Å². The Hall–Kier alpha value is -3.96. The normalized spacial score (nSPS) is 13.6. The van der Waals surface area contributed by atoms with Crippen molar-refractivity contribution in [3.05, 3.63) is 132 Å². The number of anilines is 2. The molecule has 238 valence electrons. The van der Waals surface area contributed by atoms with Crippen LogP contribution in [-0.2, 0) is 26.5 Å². The summed E-state index contributed by atoms with van der Waals surface area (Å²) in [5, 5.41) is 7.59. The number of aromatic nitrogens is 1. The molecule has 7 aromatic rings. The van der Waals surface area contributed by atoms with Crippen LogP contribution in [0.3, 0.4) is 0 Å². The smallest absolute Gasteiger partial charge is 0.107 e. The van der Waals surface area contributed by atoms with Gasteiger partial charge in [0, 0.05) is 60.5 Å². The number of fused-ring (bicyclic) bond motifs is 5. The molecule has 3 aromatic heterocycles. The van der Waals surface area contributed by atoms with Crippen molar-refractivity contribution in [1.82, 2.24) is 4.98 Å². The molecular weight excluding hydrogens is 798 g/mol. The van der Waals surface area contributed by atoms with Crippen molar-refractivity contribution in [1.29, 1.82) is 0 Å². The number of allylic oxidation sites excluding steroid dienone is 2. The fourth-order valence-corrected chi connectivity index (χ4v) is 7.93. The van der Waals surface area contributed by atoms with E-state index in [0.29, 0.717) is 10.8 Å². The maximum absolute atomic E-state index is 6.55. The summed E-state index contributed by atoms with van der Waals surface area (Å²) in [6, 6.07) is 36.9. The van der Waals surface area contributed by atoms with Crippen LogP contribution in [-0.4, -0.2) is 4.98 Å². The van der Waals surface area contributed by atoms with Crippen LogP contribution in [0, 0.1) is 18.8 Å². The van der Waals surface area contributed by atoms with E-state index < -0.39 is 0 Å². The summed E-state index contributed by atoms with van der Waals surface area (Å²) in [5.41, 5.74) is 7.65. The number of nitrogens with zero attached hydrogens (tertiary/aromatic N) is 3. The fraction of sp³-hybridized carbons (Fsp3) is 0.150. The molecule has 4 heterocycles. The standard InChI is InChI=1S/C40H32N3OS2.Pt/c1-25-26(2)43(24-42(25)28-10-7-6-8-11-28)29-12-9-13-30(21-29)44-38-23-35-34(36-20-27(16-18-41-36)40(3,4)5)22-33-31-17-19-45-37(31)15-14-32(33)39(35)46-38;/h6-20,22,24H,1-5H3;/q-3;. The molecule has 0 aliphatic carbocycles. The molecule has 47 heavy (non-hydrogen) atoms. The first-order chi connectivity index (χ1) is 22.2. The van der Waals surface area contributed by atoms with Gasteiger partial charge < -0.3 is 14.5 Å². The molecule has 0 atom stereocenters. The summed E-state index contributed by atoms with van der Waals surface area (Å²) < 4.78 is 8.97. The minimum absolute atomic E-state index is 0. The van der Waals surface area contributed by atoms with Gasteiger partial charge in [0.1, 0.15) is 5.06 Å². The average molecular weight is 830 g/mol. The largest absolute Gasteiger partial charge is 0.497 e. The Kier molecular flexibility index (Phi) is 8.24. The Balaban J connectivity index is 0.00000351. The summed E-state index contributed by atoms with van der Waals surface area (Å²) in [7, 11) is 0. The van der Waals surface area contributed by atoms with E-state index in [1.54, 1.807) is 22.7 Å². The van der Waals surface area contributed by atoms with Gasteiger partial charge in [0.15, 0.2) is 0 Å². The molecule has 0 amide bonds. The predicted molar refractivity (Wildman–Crippen MR) is 195 cm³/mol. The fourth-order valence-electron chi connectivity index (χ4n) is 6.10. The summed E-state index contributed by atoms with van der Waals surface area (Å²) >= 11 is 3.40. The van der Waals surface area contributed by atoms with E-state index in [-0.39, 0.29) is 26.5 Å². The van der Waals surface area contributed by atoms with E-state index in [0.717, 1.165) is 38.4 Å². The maximum Gasteiger partial charge on any atom is 0.107 e. The second kappa shape index (κ2) is 12.2. The Morgan fingerprint density at radius 2 is 1.62 bits per heavy atom. The number of rotatable bonds is 5. The van der Waals surface area contributed by atoms with Crippen molar-refractivity contribution in [3.63, 3.8) is 0 Å². The van der Waals surface area contributed by atoms with Crippen molar-refractivity contribution in [2.75, 3.05) is 9.80 Å². The van der Waals surface area contributed by atoms with Crippen LogP contribution in [0.4, 0.5) is 11.4 Å². The Morgan fingerprint density at radius 3 is 2.43 bits per heavy atom. The van der Waals surface area contributed by atoms with Crippen LogP contribution in [0.1, 0.15) is 40.2 Å². The van der Waals surface area contributed by atoms with E-state index in [1.807, 2.05) is 24.4 Å². The summed E-state index contributed by atoms with van der Waals surface area (Å²) in [4.78, 5) is 9.23. The molecule has 7 heteroatoms. The molecule has 4 nitrogen and oxygen atoms in total. The Morgan fingerprint density at radius 1 is 0.809 bits per heavy atom. The molecule has 1 aliphatic heterocycles. The van der Waals surface area contributed by atoms with Crippen LogP contribution in [0.2, 0.25) is 0 Å². The first-order valence-corrected chi connectivity index (χ1v) is 17.1. The number of thiophene rings is 2. The number of hydrogen-bond acceptors (Lipinski definition) is 6. The van der Waals surface area contributed by atoms with Crippen LogP contribution < -0.4 is 14.5 Å². The summed E-state index contributed by atoms with van der Waals surface area (Å²) in [6.07, 6.45) is 1.92. The van der Waals surface area contributed by atoms with E-state index >= 15 is 0 Å². The SMILES string of the molecule is CC1=C(C)N(c2ccccc2)[CH-]N1c1[c-]c(Oc2[c-]c3c(-c4cc(C(C)(C)C)ccn4)cc4c5ccsc5ccc4c3s2)ccc1.[Pt].